The van der Waals surface area contributed by atoms with Crippen LogP contribution in [0.2, 0.25) is 10.0 Å². The van der Waals surface area contributed by atoms with Crippen LogP contribution in [-0.4, -0.2) is 32.9 Å². The van der Waals surface area contributed by atoms with Crippen molar-refractivity contribution < 1.29 is 22.9 Å². The van der Waals surface area contributed by atoms with E-state index in [1.54, 1.807) is 18.2 Å². The lowest BCUT2D eigenvalue weighted by atomic mass is 10.2. The molecule has 0 aliphatic rings. The van der Waals surface area contributed by atoms with E-state index in [-0.39, 0.29) is 37.8 Å². The van der Waals surface area contributed by atoms with Crippen molar-refractivity contribution in [2.24, 2.45) is 0 Å². The number of rotatable bonds is 8. The number of ether oxygens (including phenoxy) is 1. The van der Waals surface area contributed by atoms with Gasteiger partial charge in [0, 0.05) is 12.1 Å². The molecule has 1 N–H and O–H groups in total. The molecule has 0 aliphatic carbocycles. The van der Waals surface area contributed by atoms with Crippen molar-refractivity contribution in [2.45, 2.75) is 4.90 Å². The van der Waals surface area contributed by atoms with Gasteiger partial charge in [-0.1, -0.05) is 41.4 Å². The van der Waals surface area contributed by atoms with Crippen LogP contribution in [0.25, 0.3) is 0 Å². The first-order chi connectivity index (χ1) is 15.6. The third-order valence-electron chi connectivity index (χ3n) is 4.48. The number of nitrogens with one attached hydrogen (secondary N) is 1. The van der Waals surface area contributed by atoms with Crippen molar-refractivity contribution in [3.8, 4) is 5.75 Å². The lowest BCUT2D eigenvalue weighted by Crippen LogP contribution is -2.38. The smallest absolute Gasteiger partial charge is 0.271 e. The number of methoxy groups -OCH3 is 1. The molecule has 0 aromatic heterocycles. The van der Waals surface area contributed by atoms with E-state index < -0.39 is 27.4 Å². The summed E-state index contributed by atoms with van der Waals surface area (Å²) in [5.41, 5.74) is -0.151. The van der Waals surface area contributed by atoms with Gasteiger partial charge < -0.3 is 10.1 Å². The second-order valence-electron chi connectivity index (χ2n) is 6.61. The number of halogens is 2. The molecule has 1 amide bonds. The van der Waals surface area contributed by atoms with Gasteiger partial charge in [-0.3, -0.25) is 19.2 Å². The van der Waals surface area contributed by atoms with E-state index in [4.69, 9.17) is 27.9 Å². The zero-order chi connectivity index (χ0) is 24.2. The van der Waals surface area contributed by atoms with Crippen molar-refractivity contribution in [1.82, 2.24) is 0 Å². The average molecular weight is 510 g/mol. The van der Waals surface area contributed by atoms with E-state index in [9.17, 15) is 23.3 Å². The molecule has 3 aromatic carbocycles. The first-order valence-corrected chi connectivity index (χ1v) is 11.5. The van der Waals surface area contributed by atoms with Crippen LogP contribution in [0.3, 0.4) is 0 Å². The van der Waals surface area contributed by atoms with Crippen LogP contribution in [0.4, 0.5) is 17.1 Å². The molecule has 0 bridgehead atoms. The van der Waals surface area contributed by atoms with Gasteiger partial charge in [0.15, 0.2) is 0 Å². The minimum Gasteiger partial charge on any atom is -0.495 e. The number of carbonyl (C=O) groups is 1. The molecule has 0 saturated carbocycles. The number of anilines is 2. The Labute approximate surface area is 199 Å². The van der Waals surface area contributed by atoms with Crippen LogP contribution in [0, 0.1) is 10.1 Å². The zero-order valence-electron chi connectivity index (χ0n) is 17.1. The van der Waals surface area contributed by atoms with Crippen LogP contribution in [0.15, 0.2) is 71.6 Å². The summed E-state index contributed by atoms with van der Waals surface area (Å²) in [6, 6.07) is 15.3. The lowest BCUT2D eigenvalue weighted by Gasteiger charge is -2.24. The van der Waals surface area contributed by atoms with Gasteiger partial charge in [-0.15, -0.1) is 0 Å². The minimum atomic E-state index is -4.18. The first kappa shape index (κ1) is 24.3. The maximum Gasteiger partial charge on any atom is 0.271 e. The second kappa shape index (κ2) is 10.1. The number of benzene rings is 3. The topological polar surface area (TPSA) is 119 Å². The number of sulfonamides is 1. The lowest BCUT2D eigenvalue weighted by molar-refractivity contribution is -0.384. The summed E-state index contributed by atoms with van der Waals surface area (Å²) in [6.07, 6.45) is 0. The van der Waals surface area contributed by atoms with Gasteiger partial charge in [-0.05, 0) is 36.4 Å². The van der Waals surface area contributed by atoms with Crippen LogP contribution in [0.5, 0.6) is 5.75 Å². The molecule has 0 fully saturated rings. The molecule has 172 valence electrons. The molecule has 0 spiro atoms. The third kappa shape index (κ3) is 5.54. The molecule has 12 heteroatoms. The number of carbonyl (C=O) groups excluding carboxylic acids is 1. The Hall–Kier alpha value is -3.34. The molecule has 0 aliphatic heterocycles. The van der Waals surface area contributed by atoms with Gasteiger partial charge in [0.1, 0.15) is 12.3 Å². The Bertz CT molecular complexity index is 1300. The quantitative estimate of drug-likeness (QED) is 0.345. The van der Waals surface area contributed by atoms with Crippen molar-refractivity contribution >= 4 is 56.2 Å². The highest BCUT2D eigenvalue weighted by Gasteiger charge is 2.28. The Morgan fingerprint density at radius 3 is 2.36 bits per heavy atom. The van der Waals surface area contributed by atoms with Crippen molar-refractivity contribution in [1.29, 1.82) is 0 Å². The van der Waals surface area contributed by atoms with E-state index in [0.717, 1.165) is 10.4 Å². The highest BCUT2D eigenvalue weighted by Crippen LogP contribution is 2.32. The number of hydrogen-bond acceptors (Lipinski definition) is 6. The molecule has 0 radical (unpaired) electrons. The number of non-ortho nitro benzene ring substituents is 1. The number of hydrogen-bond donors (Lipinski definition) is 1. The van der Waals surface area contributed by atoms with E-state index in [0.29, 0.717) is 0 Å². The minimum absolute atomic E-state index is 0.0166. The normalized spacial score (nSPS) is 11.0. The molecular weight excluding hydrogens is 493 g/mol. The van der Waals surface area contributed by atoms with Gasteiger partial charge in [0.25, 0.3) is 15.7 Å². The van der Waals surface area contributed by atoms with Crippen LogP contribution in [-0.2, 0) is 14.8 Å². The van der Waals surface area contributed by atoms with Gasteiger partial charge in [-0.25, -0.2) is 8.42 Å². The fraction of sp³-hybridized carbons (Fsp3) is 0.0952. The number of nitrogens with zero attached hydrogens (tertiary/aromatic N) is 2. The number of amides is 1. The fourth-order valence-corrected chi connectivity index (χ4v) is 4.63. The largest absolute Gasteiger partial charge is 0.495 e. The predicted octanol–water partition coefficient (Wildman–Crippen LogP) is 4.74. The molecule has 3 rings (SSSR count). The van der Waals surface area contributed by atoms with Crippen molar-refractivity contribution in [3.05, 3.63) is 86.9 Å². The average Bonchev–Trinajstić information content (AvgIpc) is 2.79. The van der Waals surface area contributed by atoms with Gasteiger partial charge in [-0.2, -0.15) is 0 Å². The SMILES string of the molecule is COc1ccc([N+](=O)[O-])cc1NC(=O)CN(c1ccc(Cl)c(Cl)c1)S(=O)(=O)c1ccccc1. The molecule has 0 saturated heterocycles. The van der Waals surface area contributed by atoms with Crippen molar-refractivity contribution in [2.75, 3.05) is 23.3 Å². The van der Waals surface area contributed by atoms with Crippen LogP contribution in [0.1, 0.15) is 0 Å². The zero-order valence-corrected chi connectivity index (χ0v) is 19.4. The molecule has 0 unspecified atom stereocenters. The van der Waals surface area contributed by atoms with Crippen LogP contribution < -0.4 is 14.4 Å². The summed E-state index contributed by atoms with van der Waals surface area (Å²) in [6.45, 7) is -0.652. The third-order valence-corrected chi connectivity index (χ3v) is 7.00. The predicted molar refractivity (Wildman–Crippen MR) is 126 cm³/mol. The summed E-state index contributed by atoms with van der Waals surface area (Å²) in [4.78, 5) is 23.3. The first-order valence-electron chi connectivity index (χ1n) is 9.28. The Kier molecular flexibility index (Phi) is 7.42. The molecular formula is C21H17Cl2N3O6S. The molecule has 3 aromatic rings. The van der Waals surface area contributed by atoms with Gasteiger partial charge >= 0.3 is 0 Å². The molecule has 0 atom stereocenters. The summed E-state index contributed by atoms with van der Waals surface area (Å²) in [5, 5.41) is 13.9. The summed E-state index contributed by atoms with van der Waals surface area (Å²) in [7, 11) is -2.85. The summed E-state index contributed by atoms with van der Waals surface area (Å²) in [5.74, 6) is -0.597. The van der Waals surface area contributed by atoms with Gasteiger partial charge in [0.2, 0.25) is 5.91 Å². The van der Waals surface area contributed by atoms with Crippen molar-refractivity contribution in [3.63, 3.8) is 0 Å². The van der Waals surface area contributed by atoms with Crippen LogP contribution >= 0.6 is 23.2 Å². The highest BCUT2D eigenvalue weighted by molar-refractivity contribution is 7.92. The number of nitro groups is 1. The Morgan fingerprint density at radius 1 is 1.06 bits per heavy atom. The van der Waals surface area contributed by atoms with E-state index >= 15 is 0 Å². The second-order valence-corrected chi connectivity index (χ2v) is 9.29. The van der Waals surface area contributed by atoms with E-state index in [2.05, 4.69) is 5.32 Å². The molecule has 33 heavy (non-hydrogen) atoms. The van der Waals surface area contributed by atoms with E-state index in [1.165, 1.54) is 49.6 Å². The fourth-order valence-electron chi connectivity index (χ4n) is 2.90. The molecule has 9 nitrogen and oxygen atoms in total. The Morgan fingerprint density at radius 2 is 1.76 bits per heavy atom. The Balaban J connectivity index is 1.99. The van der Waals surface area contributed by atoms with Gasteiger partial charge in [0.05, 0.1) is 38.3 Å². The summed E-state index contributed by atoms with van der Waals surface area (Å²) >= 11 is 12.0. The number of nitro benzene ring substituents is 1. The van der Waals surface area contributed by atoms with E-state index in [1.807, 2.05) is 0 Å². The monoisotopic (exact) mass is 509 g/mol. The standard InChI is InChI=1S/C21H17Cl2N3O6S/c1-32-20-10-8-15(26(28)29)12-19(20)24-21(27)13-25(14-7-9-17(22)18(23)11-14)33(30,31)16-5-3-2-4-6-16/h2-12H,13H2,1H3,(H,24,27). The maximum absolute atomic E-state index is 13.3. The molecule has 0 heterocycles. The maximum atomic E-state index is 13.3. The summed E-state index contributed by atoms with van der Waals surface area (Å²) < 4.78 is 32.7. The highest BCUT2D eigenvalue weighted by atomic mass is 35.5.